The van der Waals surface area contributed by atoms with Gasteiger partial charge in [0.1, 0.15) is 0 Å². The molecule has 0 N–H and O–H groups in total. The number of benzene rings is 2. The summed E-state index contributed by atoms with van der Waals surface area (Å²) in [6.45, 7) is 2.32. The van der Waals surface area contributed by atoms with Crippen molar-refractivity contribution in [2.24, 2.45) is 0 Å². The van der Waals surface area contributed by atoms with Crippen molar-refractivity contribution in [3.63, 3.8) is 0 Å². The van der Waals surface area contributed by atoms with Crippen molar-refractivity contribution in [2.45, 2.75) is 13.5 Å². The summed E-state index contributed by atoms with van der Waals surface area (Å²) in [5.74, 6) is -0.195. The highest BCUT2D eigenvalue weighted by molar-refractivity contribution is 7.23. The average Bonchev–Trinajstić information content (AvgIpc) is 3.21. The van der Waals surface area contributed by atoms with Crippen LogP contribution in [0.5, 0.6) is 0 Å². The van der Waals surface area contributed by atoms with Crippen LogP contribution in [0.1, 0.15) is 27.0 Å². The third-order valence-electron chi connectivity index (χ3n) is 4.51. The van der Waals surface area contributed by atoms with E-state index in [0.29, 0.717) is 27.8 Å². The maximum Gasteiger partial charge on any atom is 0.260 e. The number of aryl methyl sites for hydroxylation is 1. The third kappa shape index (κ3) is 3.83. The van der Waals surface area contributed by atoms with Gasteiger partial charge in [-0.25, -0.2) is 4.98 Å². The van der Waals surface area contributed by atoms with Crippen LogP contribution in [0.3, 0.4) is 0 Å². The minimum atomic E-state index is -0.195. The average molecular weight is 419 g/mol. The van der Waals surface area contributed by atoms with Crippen molar-refractivity contribution in [3.05, 3.63) is 88.2 Å². The minimum Gasteiger partial charge on any atom is -0.279 e. The Labute approximate surface area is 176 Å². The number of nitrogens with zero attached hydrogens (tertiary/aromatic N) is 4. The van der Waals surface area contributed by atoms with Gasteiger partial charge in [0.05, 0.1) is 33.4 Å². The van der Waals surface area contributed by atoms with Gasteiger partial charge < -0.3 is 0 Å². The lowest BCUT2D eigenvalue weighted by atomic mass is 10.1. The van der Waals surface area contributed by atoms with Crippen LogP contribution in [-0.4, -0.2) is 15.9 Å². The highest BCUT2D eigenvalue weighted by Crippen LogP contribution is 2.36. The molecule has 4 rings (SSSR count). The first-order valence-corrected chi connectivity index (χ1v) is 10.0. The summed E-state index contributed by atoms with van der Waals surface area (Å²) in [6, 6.07) is 16.2. The summed E-state index contributed by atoms with van der Waals surface area (Å²) in [5.41, 5.74) is 3.72. The van der Waals surface area contributed by atoms with Crippen LogP contribution in [-0.2, 0) is 6.54 Å². The third-order valence-corrected chi connectivity index (χ3v) is 6.05. The van der Waals surface area contributed by atoms with E-state index in [0.717, 1.165) is 21.3 Å². The van der Waals surface area contributed by atoms with E-state index in [1.807, 2.05) is 31.2 Å². The van der Waals surface area contributed by atoms with Crippen LogP contribution in [0.25, 0.3) is 10.2 Å². The topological polar surface area (TPSA) is 69.9 Å². The number of hydrogen-bond acceptors (Lipinski definition) is 5. The van der Waals surface area contributed by atoms with Gasteiger partial charge in [0.2, 0.25) is 0 Å². The second-order valence-electron chi connectivity index (χ2n) is 6.47. The molecule has 0 saturated heterocycles. The number of aromatic nitrogens is 2. The molecule has 0 aliphatic rings. The predicted octanol–water partition coefficient (Wildman–Crippen LogP) is 5.37. The van der Waals surface area contributed by atoms with Gasteiger partial charge in [-0.05, 0) is 60.5 Å². The van der Waals surface area contributed by atoms with Crippen molar-refractivity contribution >= 4 is 44.2 Å². The Morgan fingerprint density at radius 1 is 1.14 bits per heavy atom. The van der Waals surface area contributed by atoms with Gasteiger partial charge >= 0.3 is 0 Å². The van der Waals surface area contributed by atoms with Crippen molar-refractivity contribution in [1.29, 1.82) is 5.26 Å². The van der Waals surface area contributed by atoms with Crippen LogP contribution in [0, 0.1) is 18.3 Å². The van der Waals surface area contributed by atoms with Crippen molar-refractivity contribution < 1.29 is 4.79 Å². The number of fused-ring (bicyclic) bond motifs is 1. The van der Waals surface area contributed by atoms with E-state index in [1.165, 1.54) is 11.3 Å². The van der Waals surface area contributed by atoms with Gasteiger partial charge in [0.15, 0.2) is 5.13 Å². The van der Waals surface area contributed by atoms with E-state index in [2.05, 4.69) is 11.1 Å². The molecular formula is C22H15ClN4OS. The Hall–Kier alpha value is -3.27. The highest BCUT2D eigenvalue weighted by Gasteiger charge is 2.23. The number of pyridine rings is 1. The van der Waals surface area contributed by atoms with Gasteiger partial charge in [-0.2, -0.15) is 5.26 Å². The molecular weight excluding hydrogens is 404 g/mol. The van der Waals surface area contributed by atoms with Crippen molar-refractivity contribution in [3.8, 4) is 6.07 Å². The van der Waals surface area contributed by atoms with Gasteiger partial charge in [0, 0.05) is 18.0 Å². The van der Waals surface area contributed by atoms with Crippen molar-refractivity contribution in [1.82, 2.24) is 9.97 Å². The number of nitriles is 1. The zero-order valence-corrected chi connectivity index (χ0v) is 17.0. The highest BCUT2D eigenvalue weighted by atomic mass is 35.5. The van der Waals surface area contributed by atoms with Crippen molar-refractivity contribution in [2.75, 3.05) is 4.90 Å². The SMILES string of the molecule is Cc1ccc(Cl)c2sc(N(Cc3ccncc3)C(=O)c3ccc(C#N)cc3)nc12. The van der Waals surface area contributed by atoms with E-state index in [1.54, 1.807) is 41.6 Å². The summed E-state index contributed by atoms with van der Waals surface area (Å²) < 4.78 is 0.856. The lowest BCUT2D eigenvalue weighted by molar-refractivity contribution is 0.0985. The van der Waals surface area contributed by atoms with E-state index < -0.39 is 0 Å². The number of carbonyl (C=O) groups excluding carboxylic acids is 1. The Kier molecular flexibility index (Phi) is 5.26. The molecule has 2 aromatic carbocycles. The summed E-state index contributed by atoms with van der Waals surface area (Å²) >= 11 is 7.76. The molecule has 2 aromatic heterocycles. The van der Waals surface area contributed by atoms with Crippen LogP contribution in [0.4, 0.5) is 5.13 Å². The molecule has 142 valence electrons. The molecule has 0 bridgehead atoms. The molecule has 29 heavy (non-hydrogen) atoms. The molecule has 1 amide bonds. The van der Waals surface area contributed by atoms with E-state index in [4.69, 9.17) is 21.8 Å². The second kappa shape index (κ2) is 8.00. The molecule has 2 heterocycles. The molecule has 0 atom stereocenters. The standard InChI is InChI=1S/C22H15ClN4OS/c1-14-2-7-18(23)20-19(14)26-22(29-20)27(13-16-8-10-25-11-9-16)21(28)17-5-3-15(12-24)4-6-17/h2-11H,13H2,1H3. The Balaban J connectivity index is 1.80. The van der Waals surface area contributed by atoms with Gasteiger partial charge in [-0.3, -0.25) is 14.7 Å². The zero-order chi connectivity index (χ0) is 20.4. The van der Waals surface area contributed by atoms with Gasteiger partial charge in [-0.1, -0.05) is 29.0 Å². The lowest BCUT2D eigenvalue weighted by Crippen LogP contribution is -2.30. The molecule has 0 unspecified atom stereocenters. The number of halogens is 1. The molecule has 0 aliphatic heterocycles. The largest absolute Gasteiger partial charge is 0.279 e. The zero-order valence-electron chi connectivity index (χ0n) is 15.5. The Morgan fingerprint density at radius 3 is 2.52 bits per heavy atom. The number of anilines is 1. The number of thiazole rings is 1. The molecule has 0 spiro atoms. The number of carbonyl (C=O) groups is 1. The molecule has 0 saturated carbocycles. The molecule has 4 aromatic rings. The first kappa shape index (κ1) is 19.1. The summed E-state index contributed by atoms with van der Waals surface area (Å²) in [6.07, 6.45) is 3.39. The molecule has 0 aliphatic carbocycles. The fourth-order valence-corrected chi connectivity index (χ4v) is 4.26. The van der Waals surface area contributed by atoms with Crippen LogP contribution >= 0.6 is 22.9 Å². The van der Waals surface area contributed by atoms with Crippen LogP contribution in [0.15, 0.2) is 60.9 Å². The predicted molar refractivity (Wildman–Crippen MR) is 115 cm³/mol. The summed E-state index contributed by atoms with van der Waals surface area (Å²) in [4.78, 5) is 23.8. The van der Waals surface area contributed by atoms with E-state index >= 15 is 0 Å². The first-order chi connectivity index (χ1) is 14.1. The number of hydrogen-bond donors (Lipinski definition) is 0. The smallest absolute Gasteiger partial charge is 0.260 e. The fraction of sp³-hybridized carbons (Fsp3) is 0.0909. The van der Waals surface area contributed by atoms with Crippen LogP contribution in [0.2, 0.25) is 5.02 Å². The van der Waals surface area contributed by atoms with E-state index in [-0.39, 0.29) is 5.91 Å². The second-order valence-corrected chi connectivity index (χ2v) is 7.86. The van der Waals surface area contributed by atoms with Crippen LogP contribution < -0.4 is 4.90 Å². The van der Waals surface area contributed by atoms with Gasteiger partial charge in [0.25, 0.3) is 5.91 Å². The first-order valence-electron chi connectivity index (χ1n) is 8.83. The van der Waals surface area contributed by atoms with Gasteiger partial charge in [-0.15, -0.1) is 0 Å². The molecule has 7 heteroatoms. The molecule has 0 fully saturated rings. The monoisotopic (exact) mass is 418 g/mol. The summed E-state index contributed by atoms with van der Waals surface area (Å²) in [7, 11) is 0. The lowest BCUT2D eigenvalue weighted by Gasteiger charge is -2.20. The van der Waals surface area contributed by atoms with E-state index in [9.17, 15) is 4.79 Å². The summed E-state index contributed by atoms with van der Waals surface area (Å²) in [5, 5.41) is 10.2. The minimum absolute atomic E-state index is 0.195. The normalized spacial score (nSPS) is 10.7. The number of amides is 1. The quantitative estimate of drug-likeness (QED) is 0.446. The Bertz CT molecular complexity index is 1190. The Morgan fingerprint density at radius 2 is 1.86 bits per heavy atom. The number of rotatable bonds is 4. The fourth-order valence-electron chi connectivity index (χ4n) is 2.95. The maximum atomic E-state index is 13.4. The molecule has 5 nitrogen and oxygen atoms in total. The maximum absolute atomic E-state index is 13.4. The molecule has 0 radical (unpaired) electrons.